The molecule has 1 N–H and O–H groups in total. The zero-order valence-corrected chi connectivity index (χ0v) is 11.2. The summed E-state index contributed by atoms with van der Waals surface area (Å²) >= 11 is 0. The Morgan fingerprint density at radius 2 is 2.00 bits per heavy atom. The van der Waals surface area contributed by atoms with Crippen LogP contribution in [0.2, 0.25) is 0 Å². The Labute approximate surface area is 113 Å². The zero-order chi connectivity index (χ0) is 13.0. The Hall–Kier alpha value is -1.96. The average Bonchev–Trinajstić information content (AvgIpc) is 2.74. The van der Waals surface area contributed by atoms with Gasteiger partial charge < -0.3 is 10.1 Å². The maximum Gasteiger partial charge on any atom is 0.146 e. The predicted molar refractivity (Wildman–Crippen MR) is 76.8 cm³/mol. The third kappa shape index (κ3) is 1.56. The van der Waals surface area contributed by atoms with Crippen molar-refractivity contribution in [3.05, 3.63) is 58.7 Å². The van der Waals surface area contributed by atoms with Gasteiger partial charge in [-0.25, -0.2) is 0 Å². The molecule has 0 saturated carbocycles. The number of nitrogens with one attached hydrogen (secondary N) is 1. The van der Waals surface area contributed by atoms with Gasteiger partial charge in [0.1, 0.15) is 11.9 Å². The minimum Gasteiger partial charge on any atom is -0.481 e. The van der Waals surface area contributed by atoms with Gasteiger partial charge >= 0.3 is 0 Å². The SMILES string of the molecule is Cc1cc(C)c2c(c1)NC1Cc3ccccc3C1O2. The van der Waals surface area contributed by atoms with E-state index in [2.05, 4.69) is 55.6 Å². The minimum absolute atomic E-state index is 0.158. The molecule has 2 aromatic carbocycles. The largest absolute Gasteiger partial charge is 0.481 e. The first kappa shape index (κ1) is 10.9. The highest BCUT2D eigenvalue weighted by Crippen LogP contribution is 2.45. The van der Waals surface area contributed by atoms with E-state index in [-0.39, 0.29) is 6.10 Å². The van der Waals surface area contributed by atoms with Crippen LogP contribution in [0.5, 0.6) is 5.75 Å². The fraction of sp³-hybridized carbons (Fsp3) is 0.294. The Morgan fingerprint density at radius 1 is 1.16 bits per heavy atom. The molecule has 1 aliphatic heterocycles. The molecule has 1 heterocycles. The van der Waals surface area contributed by atoms with E-state index in [1.165, 1.54) is 22.3 Å². The lowest BCUT2D eigenvalue weighted by atomic mass is 10.0. The molecule has 1 aliphatic carbocycles. The molecule has 0 aromatic heterocycles. The highest BCUT2D eigenvalue weighted by molar-refractivity contribution is 5.65. The Kier molecular flexibility index (Phi) is 2.16. The van der Waals surface area contributed by atoms with E-state index in [0.29, 0.717) is 6.04 Å². The first-order valence-electron chi connectivity index (χ1n) is 6.84. The number of aryl methyl sites for hydroxylation is 2. The van der Waals surface area contributed by atoms with Crippen molar-refractivity contribution in [1.82, 2.24) is 0 Å². The van der Waals surface area contributed by atoms with Gasteiger partial charge in [-0.2, -0.15) is 0 Å². The minimum atomic E-state index is 0.158. The molecule has 2 nitrogen and oxygen atoms in total. The summed E-state index contributed by atoms with van der Waals surface area (Å²) in [5.41, 5.74) is 6.39. The van der Waals surface area contributed by atoms with E-state index in [9.17, 15) is 0 Å². The van der Waals surface area contributed by atoms with Crippen LogP contribution in [0.3, 0.4) is 0 Å². The standard InChI is InChI=1S/C17H17NO/c1-10-7-11(2)16-14(8-10)18-15-9-12-5-3-4-6-13(12)17(15)19-16/h3-8,15,17-18H,9H2,1-2H3. The van der Waals surface area contributed by atoms with Crippen LogP contribution in [-0.2, 0) is 6.42 Å². The number of hydrogen-bond acceptors (Lipinski definition) is 2. The van der Waals surface area contributed by atoms with Gasteiger partial charge in [0.2, 0.25) is 0 Å². The number of hydrogen-bond donors (Lipinski definition) is 1. The molecular weight excluding hydrogens is 234 g/mol. The third-order valence-electron chi connectivity index (χ3n) is 4.17. The molecular formula is C17H17NO. The summed E-state index contributed by atoms with van der Waals surface area (Å²) in [4.78, 5) is 0. The van der Waals surface area contributed by atoms with Crippen LogP contribution >= 0.6 is 0 Å². The van der Waals surface area contributed by atoms with E-state index in [0.717, 1.165) is 17.9 Å². The normalized spacial score (nSPS) is 22.8. The molecule has 4 rings (SSSR count). The summed E-state index contributed by atoms with van der Waals surface area (Å²) in [5, 5.41) is 3.66. The topological polar surface area (TPSA) is 21.3 Å². The highest BCUT2D eigenvalue weighted by atomic mass is 16.5. The molecule has 2 unspecified atom stereocenters. The number of anilines is 1. The van der Waals surface area contributed by atoms with Crippen molar-refractivity contribution in [2.45, 2.75) is 32.4 Å². The number of fused-ring (bicyclic) bond motifs is 4. The predicted octanol–water partition coefficient (Wildman–Crippen LogP) is 3.77. The molecule has 0 spiro atoms. The molecule has 96 valence electrons. The number of ether oxygens (including phenoxy) is 1. The second-order valence-corrected chi connectivity index (χ2v) is 5.65. The second-order valence-electron chi connectivity index (χ2n) is 5.65. The van der Waals surface area contributed by atoms with Crippen molar-refractivity contribution in [2.24, 2.45) is 0 Å². The summed E-state index contributed by atoms with van der Waals surface area (Å²) in [7, 11) is 0. The van der Waals surface area contributed by atoms with Crippen LogP contribution in [-0.4, -0.2) is 6.04 Å². The number of benzene rings is 2. The van der Waals surface area contributed by atoms with Crippen LogP contribution < -0.4 is 10.1 Å². The van der Waals surface area contributed by atoms with Crippen molar-refractivity contribution in [1.29, 1.82) is 0 Å². The van der Waals surface area contributed by atoms with E-state index in [4.69, 9.17) is 4.74 Å². The summed E-state index contributed by atoms with van der Waals surface area (Å²) in [6, 6.07) is 13.3. The molecule has 2 atom stereocenters. The molecule has 0 bridgehead atoms. The summed E-state index contributed by atoms with van der Waals surface area (Å²) < 4.78 is 6.31. The van der Waals surface area contributed by atoms with Gasteiger partial charge in [-0.05, 0) is 48.6 Å². The van der Waals surface area contributed by atoms with Gasteiger partial charge in [0.25, 0.3) is 0 Å². The Bertz CT molecular complexity index is 662. The quantitative estimate of drug-likeness (QED) is 0.769. The van der Waals surface area contributed by atoms with Crippen LogP contribution in [0.4, 0.5) is 5.69 Å². The lowest BCUT2D eigenvalue weighted by Gasteiger charge is -2.32. The van der Waals surface area contributed by atoms with Crippen LogP contribution in [0, 0.1) is 13.8 Å². The van der Waals surface area contributed by atoms with Gasteiger partial charge in [0.05, 0.1) is 11.7 Å². The summed E-state index contributed by atoms with van der Waals surface area (Å²) in [6.07, 6.45) is 1.21. The van der Waals surface area contributed by atoms with Crippen molar-refractivity contribution >= 4 is 5.69 Å². The average molecular weight is 251 g/mol. The lowest BCUT2D eigenvalue weighted by molar-refractivity contribution is 0.182. The van der Waals surface area contributed by atoms with Crippen molar-refractivity contribution < 1.29 is 4.74 Å². The van der Waals surface area contributed by atoms with E-state index in [1.807, 2.05) is 0 Å². The fourth-order valence-electron chi connectivity index (χ4n) is 3.38. The maximum absolute atomic E-state index is 6.31. The van der Waals surface area contributed by atoms with Gasteiger partial charge in [0.15, 0.2) is 0 Å². The van der Waals surface area contributed by atoms with Crippen molar-refractivity contribution in [2.75, 3.05) is 5.32 Å². The molecule has 2 aromatic rings. The molecule has 2 aliphatic rings. The van der Waals surface area contributed by atoms with Gasteiger partial charge in [0, 0.05) is 0 Å². The van der Waals surface area contributed by atoms with Gasteiger partial charge in [-0.3, -0.25) is 0 Å². The summed E-state index contributed by atoms with van der Waals surface area (Å²) in [5.74, 6) is 1.02. The smallest absolute Gasteiger partial charge is 0.146 e. The lowest BCUT2D eigenvalue weighted by Crippen LogP contribution is -2.32. The van der Waals surface area contributed by atoms with Crippen LogP contribution in [0.1, 0.15) is 28.4 Å². The first-order valence-corrected chi connectivity index (χ1v) is 6.84. The fourth-order valence-corrected chi connectivity index (χ4v) is 3.38. The third-order valence-corrected chi connectivity index (χ3v) is 4.17. The molecule has 0 saturated heterocycles. The molecule has 0 radical (unpaired) electrons. The van der Waals surface area contributed by atoms with E-state index in [1.54, 1.807) is 0 Å². The van der Waals surface area contributed by atoms with Gasteiger partial charge in [-0.1, -0.05) is 30.3 Å². The molecule has 19 heavy (non-hydrogen) atoms. The Balaban J connectivity index is 1.80. The van der Waals surface area contributed by atoms with E-state index >= 15 is 0 Å². The van der Waals surface area contributed by atoms with Crippen LogP contribution in [0.15, 0.2) is 36.4 Å². The molecule has 0 amide bonds. The molecule has 0 fully saturated rings. The van der Waals surface area contributed by atoms with E-state index < -0.39 is 0 Å². The Morgan fingerprint density at radius 3 is 2.89 bits per heavy atom. The monoisotopic (exact) mass is 251 g/mol. The first-order chi connectivity index (χ1) is 9.22. The zero-order valence-electron chi connectivity index (χ0n) is 11.2. The second kappa shape index (κ2) is 3.77. The summed E-state index contributed by atoms with van der Waals surface area (Å²) in [6.45, 7) is 4.25. The number of rotatable bonds is 0. The highest BCUT2D eigenvalue weighted by Gasteiger charge is 2.38. The maximum atomic E-state index is 6.31. The van der Waals surface area contributed by atoms with Crippen molar-refractivity contribution in [3.63, 3.8) is 0 Å². The van der Waals surface area contributed by atoms with Crippen molar-refractivity contribution in [3.8, 4) is 5.75 Å². The molecule has 2 heteroatoms. The van der Waals surface area contributed by atoms with Crippen LogP contribution in [0.25, 0.3) is 0 Å². The van der Waals surface area contributed by atoms with Gasteiger partial charge in [-0.15, -0.1) is 0 Å².